The van der Waals surface area contributed by atoms with E-state index in [1.54, 1.807) is 0 Å². The fourth-order valence-electron chi connectivity index (χ4n) is 3.27. The van der Waals surface area contributed by atoms with Gasteiger partial charge in [0.05, 0.1) is 0 Å². The highest BCUT2D eigenvalue weighted by Gasteiger charge is 2.38. The lowest BCUT2D eigenvalue weighted by Crippen LogP contribution is -2.44. The van der Waals surface area contributed by atoms with Crippen LogP contribution in [0.3, 0.4) is 0 Å². The molecular weight excluding hydrogens is 234 g/mol. The molecule has 0 radical (unpaired) electrons. The summed E-state index contributed by atoms with van der Waals surface area (Å²) in [6, 6.07) is 6.60. The second-order valence-corrected chi connectivity index (χ2v) is 6.53. The van der Waals surface area contributed by atoms with E-state index in [1.807, 2.05) is 0 Å². The molecule has 1 atom stereocenters. The summed E-state index contributed by atoms with van der Waals surface area (Å²) in [7, 11) is 0. The second kappa shape index (κ2) is 5.36. The Morgan fingerprint density at radius 1 is 1.32 bits per heavy atom. The molecule has 1 saturated heterocycles. The molecule has 2 heteroatoms. The average Bonchev–Trinajstić information content (AvgIpc) is 2.64. The molecule has 1 unspecified atom stereocenters. The van der Waals surface area contributed by atoms with Crippen LogP contribution in [0, 0.1) is 19.8 Å². The van der Waals surface area contributed by atoms with Crippen molar-refractivity contribution in [3.8, 4) is 0 Å². The first-order chi connectivity index (χ1) is 8.90. The molecule has 1 aliphatic heterocycles. The third kappa shape index (κ3) is 3.37. The van der Waals surface area contributed by atoms with Gasteiger partial charge in [0.1, 0.15) is 0 Å². The molecule has 1 aliphatic rings. The zero-order valence-electron chi connectivity index (χ0n) is 12.5. The Morgan fingerprint density at radius 3 is 2.63 bits per heavy atom. The van der Waals surface area contributed by atoms with Crippen LogP contribution in [0.1, 0.15) is 49.8 Å². The zero-order valence-corrected chi connectivity index (χ0v) is 12.5. The van der Waals surface area contributed by atoms with Crippen LogP contribution in [0.15, 0.2) is 18.2 Å². The first kappa shape index (κ1) is 14.1. The summed E-state index contributed by atoms with van der Waals surface area (Å²) in [5.74, 6) is 0.814. The molecular formula is C17H25NO. The summed E-state index contributed by atoms with van der Waals surface area (Å²) >= 11 is 0. The molecule has 0 saturated carbocycles. The number of hydrogen-bond acceptors (Lipinski definition) is 1. The van der Waals surface area contributed by atoms with E-state index in [0.29, 0.717) is 12.3 Å². The molecule has 19 heavy (non-hydrogen) atoms. The third-order valence-corrected chi connectivity index (χ3v) is 4.07. The predicted octanol–water partition coefficient (Wildman–Crippen LogP) is 3.54. The number of carbonyl (C=O) groups is 1. The predicted molar refractivity (Wildman–Crippen MR) is 79.2 cm³/mol. The van der Waals surface area contributed by atoms with Crippen LogP contribution in [0.25, 0.3) is 0 Å². The molecule has 2 rings (SSSR count). The average molecular weight is 259 g/mol. The van der Waals surface area contributed by atoms with E-state index in [4.69, 9.17) is 0 Å². The van der Waals surface area contributed by atoms with Gasteiger partial charge in [-0.2, -0.15) is 0 Å². The first-order valence-electron chi connectivity index (χ1n) is 7.27. The van der Waals surface area contributed by atoms with Gasteiger partial charge in [-0.05, 0) is 50.2 Å². The lowest BCUT2D eigenvalue weighted by Gasteiger charge is -2.32. The molecule has 1 aromatic carbocycles. The van der Waals surface area contributed by atoms with Crippen molar-refractivity contribution in [2.24, 2.45) is 5.92 Å². The summed E-state index contributed by atoms with van der Waals surface area (Å²) in [4.78, 5) is 11.7. The second-order valence-electron chi connectivity index (χ2n) is 6.53. The van der Waals surface area contributed by atoms with Gasteiger partial charge in [0.2, 0.25) is 5.91 Å². The van der Waals surface area contributed by atoms with Gasteiger partial charge in [0.15, 0.2) is 0 Å². The van der Waals surface area contributed by atoms with E-state index in [9.17, 15) is 4.79 Å². The minimum atomic E-state index is -0.0240. The van der Waals surface area contributed by atoms with E-state index in [-0.39, 0.29) is 11.4 Å². The number of hydrogen-bond donors (Lipinski definition) is 1. The topological polar surface area (TPSA) is 29.1 Å². The van der Waals surface area contributed by atoms with Crippen LogP contribution in [0.5, 0.6) is 0 Å². The number of aryl methyl sites for hydroxylation is 2. The lowest BCUT2D eigenvalue weighted by molar-refractivity contribution is -0.119. The van der Waals surface area contributed by atoms with E-state index >= 15 is 0 Å². The van der Waals surface area contributed by atoms with Crippen molar-refractivity contribution < 1.29 is 4.79 Å². The van der Waals surface area contributed by atoms with Gasteiger partial charge in [-0.25, -0.2) is 0 Å². The molecule has 2 nitrogen and oxygen atoms in total. The zero-order chi connectivity index (χ0) is 14.0. The van der Waals surface area contributed by atoms with Crippen molar-refractivity contribution in [2.45, 2.75) is 58.9 Å². The van der Waals surface area contributed by atoms with Crippen molar-refractivity contribution in [3.63, 3.8) is 0 Å². The van der Waals surface area contributed by atoms with Crippen molar-refractivity contribution in [1.82, 2.24) is 5.32 Å². The normalized spacial score (nSPS) is 22.9. The molecule has 1 fully saturated rings. The highest BCUT2D eigenvalue weighted by atomic mass is 16.2. The van der Waals surface area contributed by atoms with Crippen molar-refractivity contribution in [2.75, 3.05) is 0 Å². The van der Waals surface area contributed by atoms with Gasteiger partial charge in [0.25, 0.3) is 0 Å². The van der Waals surface area contributed by atoms with Crippen LogP contribution < -0.4 is 5.32 Å². The maximum atomic E-state index is 11.7. The molecule has 0 bridgehead atoms. The van der Waals surface area contributed by atoms with E-state index in [1.165, 1.54) is 16.7 Å². The standard InChI is InChI=1S/C17H25NO/c1-12(2)10-17(8-7-16(19)18-17)11-15-9-13(3)5-6-14(15)4/h5-6,9,12H,7-8,10-11H2,1-4H3,(H,18,19). The number of carbonyl (C=O) groups excluding carboxylic acids is 1. The molecule has 1 N–H and O–H groups in total. The Kier molecular flexibility index (Phi) is 3.98. The highest BCUT2D eigenvalue weighted by molar-refractivity contribution is 5.79. The molecule has 1 aromatic rings. The molecule has 1 heterocycles. The van der Waals surface area contributed by atoms with E-state index in [0.717, 1.165) is 19.3 Å². The van der Waals surface area contributed by atoms with Gasteiger partial charge >= 0.3 is 0 Å². The minimum Gasteiger partial charge on any atom is -0.350 e. The van der Waals surface area contributed by atoms with Crippen LogP contribution in [0.4, 0.5) is 0 Å². The number of amides is 1. The smallest absolute Gasteiger partial charge is 0.220 e. The summed E-state index contributed by atoms with van der Waals surface area (Å²) < 4.78 is 0. The van der Waals surface area contributed by atoms with Gasteiger partial charge < -0.3 is 5.32 Å². The molecule has 1 amide bonds. The van der Waals surface area contributed by atoms with Crippen LogP contribution >= 0.6 is 0 Å². The summed E-state index contributed by atoms with van der Waals surface area (Å²) in [5, 5.41) is 3.25. The Morgan fingerprint density at radius 2 is 2.05 bits per heavy atom. The SMILES string of the molecule is Cc1ccc(C)c(CC2(CC(C)C)CCC(=O)N2)c1. The quantitative estimate of drug-likeness (QED) is 0.880. The summed E-state index contributed by atoms with van der Waals surface area (Å²) in [6.45, 7) is 8.75. The van der Waals surface area contributed by atoms with Crippen molar-refractivity contribution in [3.05, 3.63) is 34.9 Å². The fourth-order valence-corrected chi connectivity index (χ4v) is 3.27. The Labute approximate surface area is 116 Å². The Hall–Kier alpha value is -1.31. The fraction of sp³-hybridized carbons (Fsp3) is 0.588. The van der Waals surface area contributed by atoms with E-state index < -0.39 is 0 Å². The molecule has 0 aromatic heterocycles. The van der Waals surface area contributed by atoms with Gasteiger partial charge in [-0.1, -0.05) is 37.6 Å². The van der Waals surface area contributed by atoms with Crippen LogP contribution in [-0.2, 0) is 11.2 Å². The van der Waals surface area contributed by atoms with Crippen LogP contribution in [-0.4, -0.2) is 11.4 Å². The Bertz CT molecular complexity index is 478. The highest BCUT2D eigenvalue weighted by Crippen LogP contribution is 2.32. The van der Waals surface area contributed by atoms with Gasteiger partial charge in [-0.3, -0.25) is 4.79 Å². The minimum absolute atomic E-state index is 0.0240. The lowest BCUT2D eigenvalue weighted by atomic mass is 9.81. The van der Waals surface area contributed by atoms with Crippen LogP contribution in [0.2, 0.25) is 0 Å². The molecule has 104 valence electrons. The van der Waals surface area contributed by atoms with Gasteiger partial charge in [-0.15, -0.1) is 0 Å². The number of rotatable bonds is 4. The largest absolute Gasteiger partial charge is 0.350 e. The third-order valence-electron chi connectivity index (χ3n) is 4.07. The Balaban J connectivity index is 2.25. The molecule has 0 aliphatic carbocycles. The maximum Gasteiger partial charge on any atom is 0.220 e. The van der Waals surface area contributed by atoms with Crippen molar-refractivity contribution in [1.29, 1.82) is 0 Å². The van der Waals surface area contributed by atoms with Gasteiger partial charge in [0, 0.05) is 12.0 Å². The van der Waals surface area contributed by atoms with Crippen molar-refractivity contribution >= 4 is 5.91 Å². The van der Waals surface area contributed by atoms with E-state index in [2.05, 4.69) is 51.2 Å². The maximum absolute atomic E-state index is 11.7. The summed E-state index contributed by atoms with van der Waals surface area (Å²) in [5.41, 5.74) is 3.98. The molecule has 0 spiro atoms. The summed E-state index contributed by atoms with van der Waals surface area (Å²) in [6.07, 6.45) is 3.67. The first-order valence-corrected chi connectivity index (χ1v) is 7.27. The number of nitrogens with one attached hydrogen (secondary N) is 1. The number of benzene rings is 1. The monoisotopic (exact) mass is 259 g/mol.